The Bertz CT molecular complexity index is 819. The molecule has 0 radical (unpaired) electrons. The van der Waals surface area contributed by atoms with E-state index in [1.54, 1.807) is 42.7 Å². The molecule has 0 atom stereocenters. The molecule has 5 heteroatoms. The van der Waals surface area contributed by atoms with Gasteiger partial charge in [0, 0.05) is 12.6 Å². The summed E-state index contributed by atoms with van der Waals surface area (Å²) < 4.78 is 14.8. The average Bonchev–Trinajstić information content (AvgIpc) is 2.95. The molecular weight excluding hydrogens is 297 g/mol. The highest BCUT2D eigenvalue weighted by atomic mass is 32.1. The molecule has 110 valence electrons. The molecule has 2 aromatic heterocycles. The Morgan fingerprint density at radius 1 is 1.05 bits per heavy atom. The second-order valence-corrected chi connectivity index (χ2v) is 5.63. The lowest BCUT2D eigenvalue weighted by molar-refractivity contribution is 0.582. The van der Waals surface area contributed by atoms with E-state index < -0.39 is 5.95 Å². The number of benzene rings is 1. The topological polar surface area (TPSA) is 37.8 Å². The molecule has 0 fully saturated rings. The zero-order valence-electron chi connectivity index (χ0n) is 12.0. The number of rotatable bonds is 4. The molecule has 3 nitrogen and oxygen atoms in total. The summed E-state index contributed by atoms with van der Waals surface area (Å²) in [5, 5.41) is 3.73. The number of nitrogens with zero attached hydrogens (tertiary/aromatic N) is 2. The highest BCUT2D eigenvalue weighted by Crippen LogP contribution is 2.22. The van der Waals surface area contributed by atoms with Gasteiger partial charge in [0.15, 0.2) is 0 Å². The van der Waals surface area contributed by atoms with Crippen molar-refractivity contribution in [2.45, 2.75) is 0 Å². The summed E-state index contributed by atoms with van der Waals surface area (Å²) >= 11 is 1.63. The van der Waals surface area contributed by atoms with Crippen LogP contribution in [0.3, 0.4) is 0 Å². The monoisotopic (exact) mass is 311 g/mol. The van der Waals surface area contributed by atoms with Gasteiger partial charge in [-0.05, 0) is 30.3 Å². The Morgan fingerprint density at radius 3 is 2.64 bits per heavy atom. The minimum absolute atomic E-state index is 0.452. The van der Waals surface area contributed by atoms with Crippen LogP contribution in [0.25, 0.3) is 22.4 Å². The number of thiazole rings is 1. The number of fused-ring (bicyclic) bond motifs is 1. The number of nitrogens with one attached hydrogen (secondary N) is 1. The maximum atomic E-state index is 13.7. The summed E-state index contributed by atoms with van der Waals surface area (Å²) in [5.41, 5.74) is 1.45. The highest BCUT2D eigenvalue weighted by molar-refractivity contribution is 7.19. The van der Waals surface area contributed by atoms with Gasteiger partial charge in [0.1, 0.15) is 10.8 Å². The van der Waals surface area contributed by atoms with E-state index >= 15 is 0 Å². The number of hydrogen-bond donors (Lipinski definition) is 1. The first kappa shape index (κ1) is 14.4. The van der Waals surface area contributed by atoms with E-state index in [-0.39, 0.29) is 0 Å². The lowest BCUT2D eigenvalue weighted by Crippen LogP contribution is -1.95. The summed E-state index contributed by atoms with van der Waals surface area (Å²) in [6.45, 7) is 0. The van der Waals surface area contributed by atoms with Crippen molar-refractivity contribution in [1.29, 1.82) is 0 Å². The van der Waals surface area contributed by atoms with Crippen LogP contribution < -0.4 is 5.32 Å². The lowest BCUT2D eigenvalue weighted by Gasteiger charge is -2.00. The molecule has 0 spiro atoms. The second kappa shape index (κ2) is 6.49. The summed E-state index contributed by atoms with van der Waals surface area (Å²) in [6, 6.07) is 11.4. The third-order valence-corrected chi connectivity index (χ3v) is 4.07. The van der Waals surface area contributed by atoms with Gasteiger partial charge in [-0.25, -0.2) is 9.97 Å². The van der Waals surface area contributed by atoms with Gasteiger partial charge in [0.2, 0.25) is 5.95 Å². The van der Waals surface area contributed by atoms with Crippen LogP contribution in [-0.2, 0) is 0 Å². The molecule has 0 unspecified atom stereocenters. The Labute approximate surface area is 131 Å². The largest absolute Gasteiger partial charge is 0.373 e. The first-order valence-corrected chi connectivity index (χ1v) is 7.62. The standard InChI is InChI=1S/C17H14FN3S/c1-19-15-11-10-12(17(18)21-15)6-2-5-9-16-20-13-7-3-4-8-14(13)22-16/h2-11H,1H3,(H,19,21)/b6-2+,9-5+. The molecule has 0 aliphatic carbocycles. The van der Waals surface area contributed by atoms with Gasteiger partial charge in [-0.1, -0.05) is 30.4 Å². The summed E-state index contributed by atoms with van der Waals surface area (Å²) in [4.78, 5) is 8.29. The fourth-order valence-electron chi connectivity index (χ4n) is 1.97. The predicted octanol–water partition coefficient (Wildman–Crippen LogP) is 4.60. The van der Waals surface area contributed by atoms with E-state index in [0.29, 0.717) is 11.4 Å². The van der Waals surface area contributed by atoms with Crippen molar-refractivity contribution < 1.29 is 4.39 Å². The van der Waals surface area contributed by atoms with Crippen LogP contribution in [0.5, 0.6) is 0 Å². The normalized spacial score (nSPS) is 11.7. The molecule has 0 bridgehead atoms. The highest BCUT2D eigenvalue weighted by Gasteiger charge is 2.01. The number of halogens is 1. The first-order chi connectivity index (χ1) is 10.8. The van der Waals surface area contributed by atoms with E-state index in [4.69, 9.17) is 0 Å². The number of anilines is 1. The van der Waals surface area contributed by atoms with Crippen molar-refractivity contribution >= 4 is 39.5 Å². The maximum absolute atomic E-state index is 13.7. The van der Waals surface area contributed by atoms with Gasteiger partial charge < -0.3 is 5.32 Å². The number of para-hydroxylation sites is 1. The van der Waals surface area contributed by atoms with E-state index in [0.717, 1.165) is 15.2 Å². The Kier molecular flexibility index (Phi) is 4.25. The Hall–Kier alpha value is -2.53. The van der Waals surface area contributed by atoms with Crippen molar-refractivity contribution in [3.8, 4) is 0 Å². The van der Waals surface area contributed by atoms with Crippen molar-refractivity contribution in [1.82, 2.24) is 9.97 Å². The predicted molar refractivity (Wildman–Crippen MR) is 91.4 cm³/mol. The smallest absolute Gasteiger partial charge is 0.222 e. The van der Waals surface area contributed by atoms with E-state index in [1.807, 2.05) is 36.4 Å². The van der Waals surface area contributed by atoms with Gasteiger partial charge >= 0.3 is 0 Å². The fourth-order valence-corrected chi connectivity index (χ4v) is 2.85. The van der Waals surface area contributed by atoms with Gasteiger partial charge in [-0.2, -0.15) is 4.39 Å². The molecule has 0 aliphatic rings. The molecule has 2 heterocycles. The molecule has 22 heavy (non-hydrogen) atoms. The number of allylic oxidation sites excluding steroid dienone is 2. The zero-order chi connectivity index (χ0) is 15.4. The van der Waals surface area contributed by atoms with Crippen LogP contribution in [0.4, 0.5) is 10.2 Å². The van der Waals surface area contributed by atoms with E-state index in [1.165, 1.54) is 0 Å². The number of pyridine rings is 1. The quantitative estimate of drug-likeness (QED) is 0.565. The number of hydrogen-bond acceptors (Lipinski definition) is 4. The lowest BCUT2D eigenvalue weighted by atomic mass is 10.2. The first-order valence-electron chi connectivity index (χ1n) is 6.81. The molecule has 1 aromatic carbocycles. The van der Waals surface area contributed by atoms with Crippen LogP contribution in [0, 0.1) is 5.95 Å². The minimum Gasteiger partial charge on any atom is -0.373 e. The van der Waals surface area contributed by atoms with Gasteiger partial charge in [-0.3, -0.25) is 0 Å². The van der Waals surface area contributed by atoms with Gasteiger partial charge in [-0.15, -0.1) is 11.3 Å². The van der Waals surface area contributed by atoms with Crippen LogP contribution in [0.15, 0.2) is 48.6 Å². The fraction of sp³-hybridized carbons (Fsp3) is 0.0588. The molecule has 0 aliphatic heterocycles. The SMILES string of the molecule is CNc1ccc(/C=C/C=C/c2nc3ccccc3s2)c(F)n1. The van der Waals surface area contributed by atoms with Gasteiger partial charge in [0.05, 0.1) is 10.2 Å². The van der Waals surface area contributed by atoms with Crippen molar-refractivity contribution in [3.05, 3.63) is 65.1 Å². The molecular formula is C17H14FN3S. The third-order valence-electron chi connectivity index (χ3n) is 3.07. The van der Waals surface area contributed by atoms with Crippen LogP contribution in [0.2, 0.25) is 0 Å². The average molecular weight is 311 g/mol. The molecule has 1 N–H and O–H groups in total. The molecule has 0 saturated carbocycles. The molecule has 3 rings (SSSR count). The van der Waals surface area contributed by atoms with Crippen molar-refractivity contribution in [3.63, 3.8) is 0 Å². The Morgan fingerprint density at radius 2 is 1.86 bits per heavy atom. The minimum atomic E-state index is -0.489. The molecule has 0 amide bonds. The molecule has 0 saturated heterocycles. The number of aromatic nitrogens is 2. The second-order valence-electron chi connectivity index (χ2n) is 4.56. The van der Waals surface area contributed by atoms with Gasteiger partial charge in [0.25, 0.3) is 0 Å². The summed E-state index contributed by atoms with van der Waals surface area (Å²) in [5.74, 6) is 0.0242. The Balaban J connectivity index is 1.73. The van der Waals surface area contributed by atoms with E-state index in [9.17, 15) is 4.39 Å². The third kappa shape index (κ3) is 3.20. The van der Waals surface area contributed by atoms with Crippen LogP contribution in [0.1, 0.15) is 10.6 Å². The molecule has 3 aromatic rings. The zero-order valence-corrected chi connectivity index (χ0v) is 12.8. The summed E-state index contributed by atoms with van der Waals surface area (Å²) in [6.07, 6.45) is 7.23. The van der Waals surface area contributed by atoms with Crippen molar-refractivity contribution in [2.75, 3.05) is 12.4 Å². The van der Waals surface area contributed by atoms with Crippen LogP contribution >= 0.6 is 11.3 Å². The van der Waals surface area contributed by atoms with Crippen molar-refractivity contribution in [2.24, 2.45) is 0 Å². The summed E-state index contributed by atoms with van der Waals surface area (Å²) in [7, 11) is 1.71. The van der Waals surface area contributed by atoms with E-state index in [2.05, 4.69) is 15.3 Å². The van der Waals surface area contributed by atoms with Crippen LogP contribution in [-0.4, -0.2) is 17.0 Å². The maximum Gasteiger partial charge on any atom is 0.222 e.